The molecule has 7 nitrogen and oxygen atoms in total. The van der Waals surface area contributed by atoms with Gasteiger partial charge in [0.2, 0.25) is 5.91 Å². The van der Waals surface area contributed by atoms with Crippen LogP contribution >= 0.6 is 0 Å². The zero-order chi connectivity index (χ0) is 23.2. The van der Waals surface area contributed by atoms with Crippen molar-refractivity contribution in [2.45, 2.75) is 19.4 Å². The fourth-order valence-electron chi connectivity index (χ4n) is 4.01. The lowest BCUT2D eigenvalue weighted by Crippen LogP contribution is -2.43. The third-order valence-electron chi connectivity index (χ3n) is 5.80. The maximum absolute atomic E-state index is 13.2. The quantitative estimate of drug-likeness (QED) is 0.590. The van der Waals surface area contributed by atoms with Gasteiger partial charge in [-0.15, -0.1) is 0 Å². The van der Waals surface area contributed by atoms with Gasteiger partial charge in [0.05, 0.1) is 20.1 Å². The average molecular weight is 451 g/mol. The number of carbonyl (C=O) groups excluding carboxylic acids is 1. The third-order valence-corrected chi connectivity index (χ3v) is 5.80. The molecule has 1 aliphatic rings. The molecule has 1 unspecified atom stereocenters. The van der Waals surface area contributed by atoms with E-state index in [0.717, 1.165) is 36.3 Å². The fraction of sp³-hybridized carbons (Fsp3) is 0.320. The Morgan fingerprint density at radius 1 is 1.15 bits per heavy atom. The zero-order valence-electron chi connectivity index (χ0n) is 18.8. The van der Waals surface area contributed by atoms with Crippen molar-refractivity contribution in [3.63, 3.8) is 0 Å². The van der Waals surface area contributed by atoms with Crippen molar-refractivity contribution in [1.82, 2.24) is 15.3 Å². The van der Waals surface area contributed by atoms with E-state index in [1.54, 1.807) is 32.5 Å². The number of hydrogen-bond donors (Lipinski definition) is 1. The van der Waals surface area contributed by atoms with Crippen LogP contribution in [-0.4, -0.2) is 43.2 Å². The first kappa shape index (κ1) is 22.5. The molecule has 33 heavy (non-hydrogen) atoms. The molecule has 2 aromatic carbocycles. The molecule has 0 aliphatic carbocycles. The van der Waals surface area contributed by atoms with Crippen LogP contribution in [0.2, 0.25) is 0 Å². The Labute approximate surface area is 192 Å². The smallest absolute Gasteiger partial charge is 0.225 e. The SMILES string of the molecule is COc1ccc(OC)c(CNC(=O)C2CCCN(c3ccnc(-c4ccc(F)cc4)n3)C2)c1. The van der Waals surface area contributed by atoms with E-state index >= 15 is 0 Å². The van der Waals surface area contributed by atoms with Crippen LogP contribution in [0.3, 0.4) is 0 Å². The Morgan fingerprint density at radius 2 is 1.97 bits per heavy atom. The van der Waals surface area contributed by atoms with E-state index in [9.17, 15) is 9.18 Å². The second-order valence-corrected chi connectivity index (χ2v) is 7.93. The molecule has 1 atom stereocenters. The topological polar surface area (TPSA) is 76.6 Å². The maximum atomic E-state index is 13.2. The van der Waals surface area contributed by atoms with Gasteiger partial charge in [-0.05, 0) is 61.4 Å². The van der Waals surface area contributed by atoms with E-state index in [1.807, 2.05) is 24.3 Å². The first-order chi connectivity index (χ1) is 16.1. The van der Waals surface area contributed by atoms with Crippen LogP contribution in [0.5, 0.6) is 11.5 Å². The molecule has 172 valence electrons. The predicted molar refractivity (Wildman–Crippen MR) is 124 cm³/mol. The van der Waals surface area contributed by atoms with Crippen LogP contribution in [0.1, 0.15) is 18.4 Å². The number of amides is 1. The molecule has 1 fully saturated rings. The van der Waals surface area contributed by atoms with Gasteiger partial charge in [-0.3, -0.25) is 4.79 Å². The van der Waals surface area contributed by atoms with Crippen molar-refractivity contribution in [3.8, 4) is 22.9 Å². The van der Waals surface area contributed by atoms with Crippen molar-refractivity contribution < 1.29 is 18.7 Å². The summed E-state index contributed by atoms with van der Waals surface area (Å²) in [6.45, 7) is 1.74. The highest BCUT2D eigenvalue weighted by Crippen LogP contribution is 2.26. The van der Waals surface area contributed by atoms with Crippen molar-refractivity contribution in [1.29, 1.82) is 0 Å². The molecule has 2 heterocycles. The van der Waals surface area contributed by atoms with Crippen LogP contribution < -0.4 is 19.7 Å². The molecule has 1 saturated heterocycles. The number of carbonyl (C=O) groups is 1. The highest BCUT2D eigenvalue weighted by molar-refractivity contribution is 5.79. The number of nitrogens with one attached hydrogen (secondary N) is 1. The molecule has 1 amide bonds. The summed E-state index contributed by atoms with van der Waals surface area (Å²) in [5, 5.41) is 3.04. The number of ether oxygens (including phenoxy) is 2. The van der Waals surface area contributed by atoms with E-state index < -0.39 is 0 Å². The number of aromatic nitrogens is 2. The van der Waals surface area contributed by atoms with Crippen molar-refractivity contribution in [2.24, 2.45) is 5.92 Å². The van der Waals surface area contributed by atoms with Crippen LogP contribution in [-0.2, 0) is 11.3 Å². The summed E-state index contributed by atoms with van der Waals surface area (Å²) in [5.41, 5.74) is 1.61. The molecule has 0 saturated carbocycles. The van der Waals surface area contributed by atoms with Crippen molar-refractivity contribution >= 4 is 11.7 Å². The van der Waals surface area contributed by atoms with Gasteiger partial charge in [0, 0.05) is 37.0 Å². The number of rotatable bonds is 7. The van der Waals surface area contributed by atoms with Gasteiger partial charge in [-0.1, -0.05) is 0 Å². The largest absolute Gasteiger partial charge is 0.497 e. The van der Waals surface area contributed by atoms with Gasteiger partial charge < -0.3 is 19.7 Å². The Morgan fingerprint density at radius 3 is 2.73 bits per heavy atom. The highest BCUT2D eigenvalue weighted by atomic mass is 19.1. The molecule has 1 aromatic heterocycles. The van der Waals surface area contributed by atoms with E-state index in [1.165, 1.54) is 12.1 Å². The number of methoxy groups -OCH3 is 2. The first-order valence-corrected chi connectivity index (χ1v) is 10.9. The Hall–Kier alpha value is -3.68. The van der Waals surface area contributed by atoms with Gasteiger partial charge in [0.25, 0.3) is 0 Å². The number of benzene rings is 2. The lowest BCUT2D eigenvalue weighted by molar-refractivity contribution is -0.125. The number of piperidine rings is 1. The van der Waals surface area contributed by atoms with Crippen LogP contribution in [0.4, 0.5) is 10.2 Å². The van der Waals surface area contributed by atoms with Gasteiger partial charge in [0.15, 0.2) is 5.82 Å². The zero-order valence-corrected chi connectivity index (χ0v) is 18.8. The normalized spacial score (nSPS) is 15.7. The number of halogens is 1. The van der Waals surface area contributed by atoms with Crippen molar-refractivity contribution in [2.75, 3.05) is 32.2 Å². The van der Waals surface area contributed by atoms with E-state index in [4.69, 9.17) is 9.47 Å². The first-order valence-electron chi connectivity index (χ1n) is 10.9. The molecular weight excluding hydrogens is 423 g/mol. The fourth-order valence-corrected chi connectivity index (χ4v) is 4.01. The lowest BCUT2D eigenvalue weighted by atomic mass is 9.97. The lowest BCUT2D eigenvalue weighted by Gasteiger charge is -2.33. The second-order valence-electron chi connectivity index (χ2n) is 7.93. The second kappa shape index (κ2) is 10.3. The minimum Gasteiger partial charge on any atom is -0.497 e. The summed E-state index contributed by atoms with van der Waals surface area (Å²) < 4.78 is 23.9. The Balaban J connectivity index is 1.42. The van der Waals surface area contributed by atoms with Crippen LogP contribution in [0, 0.1) is 11.7 Å². The molecular formula is C25H27FN4O3. The maximum Gasteiger partial charge on any atom is 0.225 e. The molecule has 0 radical (unpaired) electrons. The summed E-state index contributed by atoms with van der Waals surface area (Å²) in [6, 6.07) is 13.5. The molecule has 8 heteroatoms. The number of nitrogens with zero attached hydrogens (tertiary/aromatic N) is 3. The summed E-state index contributed by atoms with van der Waals surface area (Å²) in [6.07, 6.45) is 3.39. The molecule has 0 bridgehead atoms. The number of hydrogen-bond acceptors (Lipinski definition) is 6. The van der Waals surface area contributed by atoms with E-state index in [-0.39, 0.29) is 17.6 Å². The standard InChI is InChI=1S/C25H27FN4O3/c1-32-21-9-10-22(33-2)19(14-21)15-28-25(31)18-4-3-13-30(16-18)23-11-12-27-24(29-23)17-5-7-20(26)8-6-17/h5-12,14,18H,3-4,13,15-16H2,1-2H3,(H,28,31). The summed E-state index contributed by atoms with van der Waals surface area (Å²) in [5.74, 6) is 2.25. The monoisotopic (exact) mass is 450 g/mol. The molecule has 1 aliphatic heterocycles. The van der Waals surface area contributed by atoms with E-state index in [0.29, 0.717) is 30.4 Å². The van der Waals surface area contributed by atoms with Gasteiger partial charge in [0.1, 0.15) is 23.1 Å². The van der Waals surface area contributed by atoms with Crippen LogP contribution in [0.25, 0.3) is 11.4 Å². The average Bonchev–Trinajstić information content (AvgIpc) is 2.87. The van der Waals surface area contributed by atoms with Gasteiger partial charge in [-0.25, -0.2) is 14.4 Å². The third kappa shape index (κ3) is 5.39. The molecule has 0 spiro atoms. The summed E-state index contributed by atoms with van der Waals surface area (Å²) in [7, 11) is 3.21. The van der Waals surface area contributed by atoms with Crippen molar-refractivity contribution in [3.05, 3.63) is 66.1 Å². The minimum atomic E-state index is -0.300. The molecule has 3 aromatic rings. The highest BCUT2D eigenvalue weighted by Gasteiger charge is 2.27. The minimum absolute atomic E-state index is 0.00242. The van der Waals surface area contributed by atoms with Crippen LogP contribution in [0.15, 0.2) is 54.7 Å². The molecule has 1 N–H and O–H groups in total. The summed E-state index contributed by atoms with van der Waals surface area (Å²) in [4.78, 5) is 24.0. The number of anilines is 1. The Kier molecular flexibility index (Phi) is 7.02. The van der Waals surface area contributed by atoms with Gasteiger partial charge >= 0.3 is 0 Å². The van der Waals surface area contributed by atoms with Gasteiger partial charge in [-0.2, -0.15) is 0 Å². The van der Waals surface area contributed by atoms with E-state index in [2.05, 4.69) is 20.2 Å². The Bertz CT molecular complexity index is 1110. The molecule has 4 rings (SSSR count). The predicted octanol–water partition coefficient (Wildman–Crippen LogP) is 3.83. The summed E-state index contributed by atoms with van der Waals surface area (Å²) >= 11 is 0.